The molecule has 0 saturated heterocycles. The standard InChI is InChI=1S/C24H33N7O2/c1-5-30-23(33)28(4)20-15-25-22(26-21(20)31(30)18-8-6-7-9-18)27-24(3)12-10-17-11-13-29(16(2)32)19(17)14-24/h10,12,15,18H,5-9,11,13-14H2,1-4H3,(H,25,26,27). The van der Waals surface area contributed by atoms with E-state index in [1.807, 2.05) is 11.8 Å². The third-order valence-electron chi connectivity index (χ3n) is 7.33. The van der Waals surface area contributed by atoms with E-state index >= 15 is 0 Å². The number of aromatic nitrogens is 2. The van der Waals surface area contributed by atoms with Crippen LogP contribution in [0.5, 0.6) is 0 Å². The predicted octanol–water partition coefficient (Wildman–Crippen LogP) is 3.67. The summed E-state index contributed by atoms with van der Waals surface area (Å²) < 4.78 is 0. The highest BCUT2D eigenvalue weighted by atomic mass is 16.2. The van der Waals surface area contributed by atoms with Crippen molar-refractivity contribution >= 4 is 29.4 Å². The van der Waals surface area contributed by atoms with E-state index in [1.165, 1.54) is 18.4 Å². The molecule has 0 bridgehead atoms. The number of allylic oxidation sites excluding steroid dienone is 1. The molecule has 3 amide bonds. The van der Waals surface area contributed by atoms with Gasteiger partial charge in [0, 0.05) is 39.2 Å². The van der Waals surface area contributed by atoms with Gasteiger partial charge in [0.2, 0.25) is 11.9 Å². The molecule has 9 nitrogen and oxygen atoms in total. The largest absolute Gasteiger partial charge is 0.345 e. The van der Waals surface area contributed by atoms with Gasteiger partial charge in [-0.3, -0.25) is 14.7 Å². The average Bonchev–Trinajstić information content (AvgIpc) is 3.45. The number of hydrogen-bond donors (Lipinski definition) is 1. The first kappa shape index (κ1) is 21.7. The van der Waals surface area contributed by atoms with Crippen molar-refractivity contribution in [3.8, 4) is 0 Å². The van der Waals surface area contributed by atoms with E-state index in [0.29, 0.717) is 18.9 Å². The molecule has 1 aromatic rings. The van der Waals surface area contributed by atoms with Crippen LogP contribution in [0.1, 0.15) is 59.3 Å². The monoisotopic (exact) mass is 451 g/mol. The second-order valence-corrected chi connectivity index (χ2v) is 9.69. The van der Waals surface area contributed by atoms with Gasteiger partial charge in [0.05, 0.1) is 17.8 Å². The maximum absolute atomic E-state index is 13.0. The van der Waals surface area contributed by atoms with Crippen LogP contribution in [0, 0.1) is 0 Å². The van der Waals surface area contributed by atoms with Crippen molar-refractivity contribution in [1.29, 1.82) is 0 Å². The SMILES string of the molecule is CCN1C(=O)N(C)c2cnc(NC3(C)C=CC4=C(C3)N(C(C)=O)CC4)nc2N1C1CCCC1. The summed E-state index contributed by atoms with van der Waals surface area (Å²) in [6.45, 7) is 7.07. The van der Waals surface area contributed by atoms with Crippen LogP contribution in [0.4, 0.5) is 22.2 Å². The number of fused-ring (bicyclic) bond motifs is 1. The Balaban J connectivity index is 1.46. The average molecular weight is 452 g/mol. The van der Waals surface area contributed by atoms with Crippen LogP contribution < -0.4 is 15.2 Å². The number of anilines is 3. The summed E-state index contributed by atoms with van der Waals surface area (Å²) in [4.78, 5) is 38.1. The summed E-state index contributed by atoms with van der Waals surface area (Å²) in [6, 6.07) is 0.220. The summed E-state index contributed by atoms with van der Waals surface area (Å²) in [6.07, 6.45) is 12.1. The van der Waals surface area contributed by atoms with E-state index in [-0.39, 0.29) is 18.0 Å². The van der Waals surface area contributed by atoms with Crippen molar-refractivity contribution in [3.05, 3.63) is 29.6 Å². The van der Waals surface area contributed by atoms with Crippen LogP contribution in [0.25, 0.3) is 0 Å². The van der Waals surface area contributed by atoms with E-state index in [1.54, 1.807) is 30.1 Å². The maximum atomic E-state index is 13.0. The maximum Gasteiger partial charge on any atom is 0.343 e. The van der Waals surface area contributed by atoms with Gasteiger partial charge in [0.1, 0.15) is 5.69 Å². The number of hydrazine groups is 1. The van der Waals surface area contributed by atoms with E-state index in [9.17, 15) is 9.59 Å². The van der Waals surface area contributed by atoms with Crippen molar-refractivity contribution in [3.63, 3.8) is 0 Å². The molecule has 1 atom stereocenters. The number of rotatable bonds is 4. The quantitative estimate of drug-likeness (QED) is 0.752. The minimum atomic E-state index is -0.413. The lowest BCUT2D eigenvalue weighted by Gasteiger charge is -2.45. The fourth-order valence-electron chi connectivity index (χ4n) is 5.57. The zero-order chi connectivity index (χ0) is 23.3. The molecule has 2 aliphatic carbocycles. The minimum Gasteiger partial charge on any atom is -0.345 e. The van der Waals surface area contributed by atoms with Gasteiger partial charge in [-0.25, -0.2) is 14.8 Å². The number of carbonyl (C=O) groups excluding carboxylic acids is 2. The summed E-state index contributed by atoms with van der Waals surface area (Å²) in [5.41, 5.74) is 2.65. The summed E-state index contributed by atoms with van der Waals surface area (Å²) >= 11 is 0. The minimum absolute atomic E-state index is 0.0478. The first-order chi connectivity index (χ1) is 15.8. The number of urea groups is 1. The van der Waals surface area contributed by atoms with Crippen LogP contribution >= 0.6 is 0 Å². The number of hydrogen-bond acceptors (Lipinski definition) is 6. The number of nitrogens with one attached hydrogen (secondary N) is 1. The number of nitrogens with zero attached hydrogens (tertiary/aromatic N) is 6. The highest BCUT2D eigenvalue weighted by molar-refractivity contribution is 5.98. The second-order valence-electron chi connectivity index (χ2n) is 9.69. The van der Waals surface area contributed by atoms with E-state index in [0.717, 1.165) is 43.0 Å². The molecular formula is C24H33N7O2. The molecule has 1 N–H and O–H groups in total. The molecular weight excluding hydrogens is 418 g/mol. The fraction of sp³-hybridized carbons (Fsp3) is 0.583. The zero-order valence-corrected chi connectivity index (χ0v) is 20.0. The van der Waals surface area contributed by atoms with Gasteiger partial charge in [0.25, 0.3) is 0 Å². The van der Waals surface area contributed by atoms with Crippen molar-refractivity contribution in [2.24, 2.45) is 0 Å². The number of amides is 3. The lowest BCUT2D eigenvalue weighted by atomic mass is 9.88. The molecule has 1 aromatic heterocycles. The molecule has 176 valence electrons. The second kappa shape index (κ2) is 8.04. The summed E-state index contributed by atoms with van der Waals surface area (Å²) in [7, 11) is 1.78. The Morgan fingerprint density at radius 1 is 1.30 bits per heavy atom. The van der Waals surface area contributed by atoms with E-state index in [4.69, 9.17) is 4.98 Å². The Labute approximate surface area is 195 Å². The van der Waals surface area contributed by atoms with Gasteiger partial charge in [-0.05, 0) is 38.7 Å². The van der Waals surface area contributed by atoms with E-state index in [2.05, 4.69) is 34.4 Å². The van der Waals surface area contributed by atoms with Gasteiger partial charge in [-0.15, -0.1) is 0 Å². The van der Waals surface area contributed by atoms with Crippen molar-refractivity contribution < 1.29 is 9.59 Å². The molecule has 33 heavy (non-hydrogen) atoms. The Hall–Kier alpha value is -3.10. The zero-order valence-electron chi connectivity index (χ0n) is 20.0. The number of carbonyl (C=O) groups is 2. The molecule has 2 aliphatic heterocycles. The van der Waals surface area contributed by atoms with Crippen LogP contribution in [-0.4, -0.2) is 63.5 Å². The van der Waals surface area contributed by atoms with E-state index < -0.39 is 5.54 Å². The Morgan fingerprint density at radius 3 is 2.76 bits per heavy atom. The first-order valence-electron chi connectivity index (χ1n) is 12.0. The van der Waals surface area contributed by atoms with Crippen molar-refractivity contribution in [1.82, 2.24) is 19.9 Å². The normalized spacial score (nSPS) is 25.2. The first-order valence-corrected chi connectivity index (χ1v) is 12.0. The van der Waals surface area contributed by atoms with Crippen LogP contribution in [0.15, 0.2) is 29.6 Å². The van der Waals surface area contributed by atoms with Gasteiger partial charge < -0.3 is 10.2 Å². The van der Waals surface area contributed by atoms with Gasteiger partial charge >= 0.3 is 6.03 Å². The van der Waals surface area contributed by atoms with Gasteiger partial charge in [-0.2, -0.15) is 4.98 Å². The third kappa shape index (κ3) is 3.63. The molecule has 0 spiro atoms. The van der Waals surface area contributed by atoms with Crippen LogP contribution in [0.3, 0.4) is 0 Å². The van der Waals surface area contributed by atoms with Gasteiger partial charge in [-0.1, -0.05) is 25.0 Å². The molecule has 0 radical (unpaired) electrons. The molecule has 1 fully saturated rings. The summed E-state index contributed by atoms with van der Waals surface area (Å²) in [5, 5.41) is 7.43. The summed E-state index contributed by atoms with van der Waals surface area (Å²) in [5.74, 6) is 1.39. The van der Waals surface area contributed by atoms with Gasteiger partial charge in [0.15, 0.2) is 5.82 Å². The Bertz CT molecular complexity index is 1050. The molecule has 1 saturated carbocycles. The Morgan fingerprint density at radius 2 is 2.06 bits per heavy atom. The highest BCUT2D eigenvalue weighted by Gasteiger charge is 2.40. The van der Waals surface area contributed by atoms with Crippen LogP contribution in [0.2, 0.25) is 0 Å². The topological polar surface area (TPSA) is 84.9 Å². The fourth-order valence-corrected chi connectivity index (χ4v) is 5.57. The molecule has 3 heterocycles. The molecule has 9 heteroatoms. The highest BCUT2D eigenvalue weighted by Crippen LogP contribution is 2.40. The smallest absolute Gasteiger partial charge is 0.343 e. The lowest BCUT2D eigenvalue weighted by Crippen LogP contribution is -2.59. The predicted molar refractivity (Wildman–Crippen MR) is 128 cm³/mol. The lowest BCUT2D eigenvalue weighted by molar-refractivity contribution is -0.126. The molecule has 0 aromatic carbocycles. The molecule has 1 unspecified atom stereocenters. The molecule has 5 rings (SSSR count). The molecule has 4 aliphatic rings. The van der Waals surface area contributed by atoms with Crippen molar-refractivity contribution in [2.45, 2.75) is 70.9 Å². The third-order valence-corrected chi connectivity index (χ3v) is 7.33. The van der Waals surface area contributed by atoms with Crippen LogP contribution in [-0.2, 0) is 4.79 Å². The van der Waals surface area contributed by atoms with Crippen molar-refractivity contribution in [2.75, 3.05) is 35.4 Å². The Kier molecular flexibility index (Phi) is 5.29.